The van der Waals surface area contributed by atoms with Gasteiger partial charge in [-0.1, -0.05) is 0 Å². The smallest absolute Gasteiger partial charge is 0.156 e. The minimum absolute atomic E-state index is 0.245. The lowest BCUT2D eigenvalue weighted by Crippen LogP contribution is -2.27. The van der Waals surface area contributed by atoms with Crippen molar-refractivity contribution in [3.63, 3.8) is 0 Å². The van der Waals surface area contributed by atoms with E-state index in [4.69, 9.17) is 4.42 Å². The molecule has 0 saturated heterocycles. The molecule has 0 fully saturated rings. The highest BCUT2D eigenvalue weighted by Crippen LogP contribution is 2.27. The Morgan fingerprint density at radius 1 is 1.15 bits per heavy atom. The van der Waals surface area contributed by atoms with Crippen molar-refractivity contribution in [2.45, 2.75) is 13.3 Å². The highest BCUT2D eigenvalue weighted by atomic mass is 19.1. The average molecular weight is 345 g/mol. The maximum absolute atomic E-state index is 13.4. The molecule has 4 heterocycles. The number of aromatic nitrogens is 2. The third kappa shape index (κ3) is 2.28. The number of rotatable bonds is 2. The molecule has 0 radical (unpaired) electrons. The molecule has 0 saturated carbocycles. The molecule has 4 nitrogen and oxygen atoms in total. The lowest BCUT2D eigenvalue weighted by molar-refractivity contribution is 0.534. The molecule has 1 aliphatic rings. The van der Waals surface area contributed by atoms with E-state index < -0.39 is 0 Å². The first-order valence-electron chi connectivity index (χ1n) is 8.57. The van der Waals surface area contributed by atoms with Crippen LogP contribution in [0, 0.1) is 12.7 Å². The fraction of sp³-hybridized carbons (Fsp3) is 0.143. The Kier molecular flexibility index (Phi) is 3.28. The van der Waals surface area contributed by atoms with E-state index in [1.54, 1.807) is 12.3 Å². The normalized spacial score (nSPS) is 13.7. The van der Waals surface area contributed by atoms with Gasteiger partial charge in [-0.15, -0.1) is 0 Å². The predicted molar refractivity (Wildman–Crippen MR) is 97.7 cm³/mol. The van der Waals surface area contributed by atoms with Gasteiger partial charge in [-0.2, -0.15) is 0 Å². The first kappa shape index (κ1) is 15.1. The van der Waals surface area contributed by atoms with E-state index in [9.17, 15) is 4.39 Å². The Hall–Kier alpha value is -3.21. The summed E-state index contributed by atoms with van der Waals surface area (Å²) in [5, 5.41) is 1.93. The van der Waals surface area contributed by atoms with Gasteiger partial charge in [-0.05, 0) is 49.2 Å². The Morgan fingerprint density at radius 2 is 2.08 bits per heavy atom. The highest BCUT2D eigenvalue weighted by Gasteiger charge is 2.17. The van der Waals surface area contributed by atoms with Gasteiger partial charge >= 0.3 is 0 Å². The number of benzene rings is 1. The van der Waals surface area contributed by atoms with Gasteiger partial charge in [0.2, 0.25) is 0 Å². The van der Waals surface area contributed by atoms with Crippen molar-refractivity contribution in [3.05, 3.63) is 76.5 Å². The zero-order chi connectivity index (χ0) is 17.7. The monoisotopic (exact) mass is 345 g/mol. The zero-order valence-electron chi connectivity index (χ0n) is 14.2. The lowest BCUT2D eigenvalue weighted by Gasteiger charge is -2.06. The van der Waals surface area contributed by atoms with Gasteiger partial charge in [0.15, 0.2) is 5.42 Å². The minimum Gasteiger partial charge on any atom is -0.454 e. The average Bonchev–Trinajstić information content (AvgIpc) is 3.25. The first-order chi connectivity index (χ1) is 12.7. The van der Waals surface area contributed by atoms with Crippen LogP contribution in [0.25, 0.3) is 27.9 Å². The number of pyridine rings is 1. The molecule has 0 spiro atoms. The molecule has 0 amide bonds. The van der Waals surface area contributed by atoms with Gasteiger partial charge in [0.25, 0.3) is 0 Å². The van der Waals surface area contributed by atoms with Gasteiger partial charge in [-0.25, -0.2) is 9.37 Å². The summed E-state index contributed by atoms with van der Waals surface area (Å²) in [5.41, 5.74) is 5.60. The van der Waals surface area contributed by atoms with E-state index in [1.165, 1.54) is 12.1 Å². The van der Waals surface area contributed by atoms with Crippen LogP contribution in [0.1, 0.15) is 17.5 Å². The molecule has 1 N–H and O–H groups in total. The van der Waals surface area contributed by atoms with Crippen LogP contribution < -0.4 is 10.8 Å². The van der Waals surface area contributed by atoms with Crippen LogP contribution in [0.5, 0.6) is 0 Å². The van der Waals surface area contributed by atoms with E-state index in [2.05, 4.69) is 21.0 Å². The summed E-state index contributed by atoms with van der Waals surface area (Å²) in [5.74, 6) is 0.472. The number of hydrogen-bond donors (Lipinski definition) is 1. The van der Waals surface area contributed by atoms with Crippen LogP contribution in [0.15, 0.2) is 58.2 Å². The fourth-order valence-electron chi connectivity index (χ4n) is 3.62. The van der Waals surface area contributed by atoms with E-state index in [0.717, 1.165) is 57.0 Å². The number of halogens is 1. The minimum atomic E-state index is -0.245. The molecule has 5 heteroatoms. The maximum atomic E-state index is 13.4. The number of furan rings is 1. The van der Waals surface area contributed by atoms with Gasteiger partial charge in [-0.3, -0.25) is 4.99 Å². The summed E-state index contributed by atoms with van der Waals surface area (Å²) < 4.78 is 19.6. The van der Waals surface area contributed by atoms with E-state index in [0.29, 0.717) is 5.76 Å². The van der Waals surface area contributed by atoms with Gasteiger partial charge in [0, 0.05) is 47.1 Å². The predicted octanol–water partition coefficient (Wildman–Crippen LogP) is 3.49. The molecule has 3 aromatic heterocycles. The third-order valence-electron chi connectivity index (χ3n) is 4.86. The number of aryl methyl sites for hydroxylation is 1. The summed E-state index contributed by atoms with van der Waals surface area (Å²) in [6.45, 7) is 2.60. The van der Waals surface area contributed by atoms with Crippen molar-refractivity contribution in [1.82, 2.24) is 9.97 Å². The van der Waals surface area contributed by atoms with Crippen molar-refractivity contribution in [1.29, 1.82) is 0 Å². The van der Waals surface area contributed by atoms with Crippen molar-refractivity contribution >= 4 is 16.6 Å². The van der Waals surface area contributed by atoms with Crippen molar-refractivity contribution in [2.24, 2.45) is 4.99 Å². The Labute approximate surface area is 148 Å². The number of fused-ring (bicyclic) bond motifs is 2. The molecule has 0 aliphatic carbocycles. The first-order valence-corrected chi connectivity index (χ1v) is 8.57. The molecule has 0 atom stereocenters. The maximum Gasteiger partial charge on any atom is 0.156 e. The Morgan fingerprint density at radius 3 is 2.96 bits per heavy atom. The summed E-state index contributed by atoms with van der Waals surface area (Å²) in [7, 11) is 0. The second-order valence-corrected chi connectivity index (χ2v) is 6.50. The zero-order valence-corrected chi connectivity index (χ0v) is 14.2. The number of hydrogen-bond acceptors (Lipinski definition) is 3. The highest BCUT2D eigenvalue weighted by molar-refractivity contribution is 5.90. The molecule has 26 heavy (non-hydrogen) atoms. The molecule has 128 valence electrons. The second kappa shape index (κ2) is 5.66. The third-order valence-corrected chi connectivity index (χ3v) is 4.86. The SMILES string of the molecule is Cc1cc(F)ccc1-c1cc2c(o1)=C(c1c[nH]c3ncccc13)CCN=2. The number of aromatic amines is 1. The summed E-state index contributed by atoms with van der Waals surface area (Å²) >= 11 is 0. The van der Waals surface area contributed by atoms with Crippen LogP contribution in [-0.2, 0) is 0 Å². The molecular formula is C21H16FN3O. The summed E-state index contributed by atoms with van der Waals surface area (Å²) in [6, 6.07) is 10.7. The summed E-state index contributed by atoms with van der Waals surface area (Å²) in [4.78, 5) is 12.2. The van der Waals surface area contributed by atoms with E-state index >= 15 is 0 Å². The lowest BCUT2D eigenvalue weighted by atomic mass is 10.0. The van der Waals surface area contributed by atoms with Crippen LogP contribution in [0.3, 0.4) is 0 Å². The molecule has 0 unspecified atom stereocenters. The standard InChI is InChI=1S/C21H16FN3O/c1-12-9-13(22)4-5-14(12)19-10-18-20(26-19)15(6-8-23-18)17-11-25-21-16(17)3-2-7-24-21/h2-5,7,9-11H,6,8H2,1H3,(H,24,25). The van der Waals surface area contributed by atoms with Crippen molar-refractivity contribution in [3.8, 4) is 11.3 Å². The molecule has 4 aromatic rings. The van der Waals surface area contributed by atoms with Gasteiger partial charge < -0.3 is 9.40 Å². The van der Waals surface area contributed by atoms with Crippen LogP contribution in [0.4, 0.5) is 4.39 Å². The van der Waals surface area contributed by atoms with Crippen molar-refractivity contribution < 1.29 is 8.81 Å². The van der Waals surface area contributed by atoms with Crippen LogP contribution in [-0.4, -0.2) is 16.5 Å². The second-order valence-electron chi connectivity index (χ2n) is 6.50. The molecule has 0 bridgehead atoms. The van der Waals surface area contributed by atoms with Crippen LogP contribution >= 0.6 is 0 Å². The Bertz CT molecular complexity index is 1270. The van der Waals surface area contributed by atoms with Gasteiger partial charge in [0.1, 0.15) is 22.6 Å². The van der Waals surface area contributed by atoms with Crippen LogP contribution in [0.2, 0.25) is 0 Å². The molecule has 1 aromatic carbocycles. The fourth-order valence-corrected chi connectivity index (χ4v) is 3.62. The quantitative estimate of drug-likeness (QED) is 0.605. The Balaban J connectivity index is 1.76. The van der Waals surface area contributed by atoms with E-state index in [1.807, 2.05) is 25.3 Å². The molecular weight excluding hydrogens is 329 g/mol. The molecule has 5 rings (SSSR count). The van der Waals surface area contributed by atoms with Crippen molar-refractivity contribution in [2.75, 3.05) is 6.54 Å². The van der Waals surface area contributed by atoms with Gasteiger partial charge in [0.05, 0.1) is 0 Å². The number of H-pyrrole nitrogens is 1. The number of nitrogens with zero attached hydrogens (tertiary/aromatic N) is 2. The molecule has 1 aliphatic heterocycles. The van der Waals surface area contributed by atoms with E-state index in [-0.39, 0.29) is 5.82 Å². The number of nitrogens with one attached hydrogen (secondary N) is 1. The largest absolute Gasteiger partial charge is 0.454 e. The summed E-state index contributed by atoms with van der Waals surface area (Å²) in [6.07, 6.45) is 4.56. The topological polar surface area (TPSA) is 54.2 Å².